The maximum atomic E-state index is 14.4. The molecule has 0 atom stereocenters. The van der Waals surface area contributed by atoms with E-state index >= 15 is 0 Å². The second-order valence-corrected chi connectivity index (χ2v) is 9.75. The molecule has 0 bridgehead atoms. The summed E-state index contributed by atoms with van der Waals surface area (Å²) in [6.07, 6.45) is -7.46. The van der Waals surface area contributed by atoms with Crippen molar-refractivity contribution in [1.82, 2.24) is 0 Å². The molecule has 0 aromatic heterocycles. The van der Waals surface area contributed by atoms with E-state index in [1.54, 1.807) is 60.7 Å². The monoisotopic (exact) mass is 596 g/mol. The third-order valence-electron chi connectivity index (χ3n) is 5.33. The summed E-state index contributed by atoms with van der Waals surface area (Å²) < 4.78 is 180. The summed E-state index contributed by atoms with van der Waals surface area (Å²) in [7, 11) is -1.69. The average Bonchev–Trinajstić information content (AvgIpc) is 2.87. The Bertz CT molecular complexity index is 1210. The Hall–Kier alpha value is -3.02. The van der Waals surface area contributed by atoms with Crippen LogP contribution in [0, 0.1) is 0 Å². The zero-order valence-electron chi connectivity index (χ0n) is 18.9. The van der Waals surface area contributed by atoms with Crippen molar-refractivity contribution in [1.29, 1.82) is 0 Å². The summed E-state index contributed by atoms with van der Waals surface area (Å²) in [5.41, 5.74) is -2.07. The van der Waals surface area contributed by atoms with E-state index in [4.69, 9.17) is 4.52 Å². The fraction of sp³-hybridized carbons (Fsp3) is 0.250. The summed E-state index contributed by atoms with van der Waals surface area (Å²) in [6, 6.07) is 17.9. The normalized spacial score (nSPS) is 14.0. The molecule has 1 nitrogen and oxygen atoms in total. The molecule has 0 N–H and O–H groups in total. The molecule has 212 valence electrons. The number of alkyl halides is 13. The van der Waals surface area contributed by atoms with Gasteiger partial charge in [-0.05, 0) is 24.3 Å². The van der Waals surface area contributed by atoms with Gasteiger partial charge in [-0.3, -0.25) is 0 Å². The zero-order chi connectivity index (χ0) is 29.5. The molecule has 3 aromatic carbocycles. The van der Waals surface area contributed by atoms with Crippen LogP contribution in [-0.2, 0) is 5.92 Å². The number of rotatable bonds is 9. The number of hydrogen-bond donors (Lipinski definition) is 0. The molecular weight excluding hydrogens is 582 g/mol. The molecule has 0 radical (unpaired) electrons. The van der Waals surface area contributed by atoms with Gasteiger partial charge in [0.05, 0.1) is 0 Å². The highest BCUT2D eigenvalue weighted by molar-refractivity contribution is 7.68. The number of hydrogen-bond acceptors (Lipinski definition) is 1. The second-order valence-electron chi connectivity index (χ2n) is 7.95. The van der Waals surface area contributed by atoms with E-state index in [9.17, 15) is 57.1 Å². The van der Waals surface area contributed by atoms with E-state index in [0.717, 1.165) is 0 Å². The maximum Gasteiger partial charge on any atom is 0.460 e. The molecule has 0 unspecified atom stereocenters. The van der Waals surface area contributed by atoms with Crippen LogP contribution in [0.3, 0.4) is 0 Å². The van der Waals surface area contributed by atoms with Gasteiger partial charge in [-0.25, -0.2) is 0 Å². The molecule has 0 fully saturated rings. The Morgan fingerprint density at radius 2 is 0.821 bits per heavy atom. The van der Waals surface area contributed by atoms with Crippen LogP contribution < -0.4 is 15.1 Å². The van der Waals surface area contributed by atoms with Crippen LogP contribution >= 0.6 is 8.15 Å². The van der Waals surface area contributed by atoms with E-state index in [1.807, 2.05) is 0 Å². The van der Waals surface area contributed by atoms with Crippen molar-refractivity contribution in [2.45, 2.75) is 35.8 Å². The van der Waals surface area contributed by atoms with E-state index in [1.165, 1.54) is 0 Å². The molecule has 0 aliphatic carbocycles. The minimum Gasteiger partial charge on any atom is -0.464 e. The molecule has 0 aliphatic heterocycles. The minimum atomic E-state index is -7.95. The Morgan fingerprint density at radius 1 is 0.436 bits per heavy atom. The molecule has 0 aliphatic rings. The topological polar surface area (TPSA) is 9.23 Å². The van der Waals surface area contributed by atoms with Crippen molar-refractivity contribution < 1.29 is 61.6 Å². The first-order chi connectivity index (χ1) is 17.8. The number of benzene rings is 3. The lowest BCUT2D eigenvalue weighted by Crippen LogP contribution is -2.69. The van der Waals surface area contributed by atoms with Gasteiger partial charge in [0.2, 0.25) is 0 Å². The van der Waals surface area contributed by atoms with E-state index in [2.05, 4.69) is 0 Å². The predicted octanol–water partition coefficient (Wildman–Crippen LogP) is 8.31. The first-order valence-corrected chi connectivity index (χ1v) is 11.7. The van der Waals surface area contributed by atoms with Gasteiger partial charge in [-0.15, -0.1) is 0 Å². The van der Waals surface area contributed by atoms with Crippen LogP contribution in [0.15, 0.2) is 84.9 Å². The van der Waals surface area contributed by atoms with Gasteiger partial charge in [-0.1, -0.05) is 60.7 Å². The maximum absolute atomic E-state index is 14.4. The van der Waals surface area contributed by atoms with E-state index in [0.29, 0.717) is 22.7 Å². The van der Waals surface area contributed by atoms with Crippen molar-refractivity contribution in [3.8, 4) is 5.75 Å². The summed E-state index contributed by atoms with van der Waals surface area (Å²) in [5.74, 6) is -37.6. The molecule has 15 heteroatoms. The van der Waals surface area contributed by atoms with Crippen LogP contribution in [0.1, 0.15) is 5.56 Å². The SMILES string of the molecule is FC(F)(F)C(F)(F)C(F)(F)C(F)(F)C(F)(F)C(F)(F)c1ccc(OP(c2ccccc2)c2ccccc2)cc1. The molecule has 0 heterocycles. The van der Waals surface area contributed by atoms with Crippen LogP contribution in [0.5, 0.6) is 5.75 Å². The summed E-state index contributed by atoms with van der Waals surface area (Å²) in [4.78, 5) is 0. The van der Waals surface area contributed by atoms with Gasteiger partial charge < -0.3 is 4.52 Å². The van der Waals surface area contributed by atoms with Crippen molar-refractivity contribution >= 4 is 18.8 Å². The fourth-order valence-electron chi connectivity index (χ4n) is 3.16. The van der Waals surface area contributed by atoms with Crippen molar-refractivity contribution in [3.05, 3.63) is 90.5 Å². The van der Waals surface area contributed by atoms with Crippen molar-refractivity contribution in [2.24, 2.45) is 0 Å². The smallest absolute Gasteiger partial charge is 0.460 e. The highest BCUT2D eigenvalue weighted by atomic mass is 31.1. The fourth-order valence-corrected chi connectivity index (χ4v) is 4.89. The molecule has 0 saturated heterocycles. The molecule has 3 rings (SSSR count). The molecule has 39 heavy (non-hydrogen) atoms. The Labute approximate surface area is 213 Å². The largest absolute Gasteiger partial charge is 0.464 e. The third kappa shape index (κ3) is 5.15. The minimum absolute atomic E-state index is 0.0723. The van der Waals surface area contributed by atoms with Crippen LogP contribution in [0.25, 0.3) is 0 Å². The predicted molar refractivity (Wildman–Crippen MR) is 116 cm³/mol. The van der Waals surface area contributed by atoms with Gasteiger partial charge in [0, 0.05) is 16.2 Å². The molecule has 3 aromatic rings. The standard InChI is InChI=1S/C24H14F13OP/c25-19(26,20(27,28)21(29,30)22(31,32)23(33,34)24(35,36)37)15-11-13-16(14-12-15)38-39(17-7-3-1-4-8-17)18-9-5-2-6-10-18/h1-14H. The molecular formula is C24H14F13OP. The quantitative estimate of drug-likeness (QED) is 0.178. The lowest BCUT2D eigenvalue weighted by atomic mass is 9.90. The molecule has 0 spiro atoms. The number of halogens is 13. The van der Waals surface area contributed by atoms with Gasteiger partial charge in [0.15, 0.2) is 8.15 Å². The first-order valence-electron chi connectivity index (χ1n) is 10.4. The third-order valence-corrected chi connectivity index (χ3v) is 7.26. The Kier molecular flexibility index (Phi) is 7.97. The average molecular weight is 596 g/mol. The lowest BCUT2D eigenvalue weighted by Gasteiger charge is -2.39. The second kappa shape index (κ2) is 10.2. The highest BCUT2D eigenvalue weighted by Crippen LogP contribution is 2.62. The summed E-state index contributed by atoms with van der Waals surface area (Å²) >= 11 is 0. The molecule has 0 amide bonds. The Morgan fingerprint density at radius 3 is 1.21 bits per heavy atom. The zero-order valence-corrected chi connectivity index (χ0v) is 19.7. The van der Waals surface area contributed by atoms with Crippen LogP contribution in [0.2, 0.25) is 0 Å². The first kappa shape index (κ1) is 30.5. The summed E-state index contributed by atoms with van der Waals surface area (Å²) in [6.45, 7) is 0. The Balaban J connectivity index is 1.95. The van der Waals surface area contributed by atoms with Crippen molar-refractivity contribution in [2.75, 3.05) is 0 Å². The van der Waals surface area contributed by atoms with Crippen molar-refractivity contribution in [3.63, 3.8) is 0 Å². The van der Waals surface area contributed by atoms with E-state index < -0.39 is 49.5 Å². The van der Waals surface area contributed by atoms with Gasteiger partial charge in [0.1, 0.15) is 5.75 Å². The van der Waals surface area contributed by atoms with Gasteiger partial charge >= 0.3 is 35.8 Å². The van der Waals surface area contributed by atoms with Crippen LogP contribution in [-0.4, -0.2) is 29.9 Å². The van der Waals surface area contributed by atoms with Gasteiger partial charge in [0.25, 0.3) is 0 Å². The lowest BCUT2D eigenvalue weighted by molar-refractivity contribution is -0.441. The summed E-state index contributed by atoms with van der Waals surface area (Å²) in [5, 5.41) is 1.21. The highest BCUT2D eigenvalue weighted by Gasteiger charge is 2.90. The van der Waals surface area contributed by atoms with Crippen LogP contribution in [0.4, 0.5) is 57.1 Å². The molecule has 0 saturated carbocycles. The van der Waals surface area contributed by atoms with E-state index in [-0.39, 0.29) is 17.9 Å². The van der Waals surface area contributed by atoms with Gasteiger partial charge in [-0.2, -0.15) is 57.1 Å².